The van der Waals surface area contributed by atoms with Crippen molar-refractivity contribution in [3.63, 3.8) is 0 Å². The maximum Gasteiger partial charge on any atom is 0.317 e. The summed E-state index contributed by atoms with van der Waals surface area (Å²) < 4.78 is 7.04. The van der Waals surface area contributed by atoms with Gasteiger partial charge in [0.2, 0.25) is 0 Å². The van der Waals surface area contributed by atoms with Crippen molar-refractivity contribution >= 4 is 6.03 Å². The van der Waals surface area contributed by atoms with E-state index >= 15 is 0 Å². The summed E-state index contributed by atoms with van der Waals surface area (Å²) in [6, 6.07) is 11.3. The topological polar surface area (TPSA) is 76.5 Å². The molecule has 0 aliphatic carbocycles. The molecule has 2 aromatic rings. The van der Waals surface area contributed by atoms with Crippen LogP contribution in [-0.4, -0.2) is 46.5 Å². The fourth-order valence-corrected chi connectivity index (χ4v) is 3.60. The van der Waals surface area contributed by atoms with Crippen LogP contribution in [0, 0.1) is 0 Å². The van der Waals surface area contributed by atoms with E-state index in [2.05, 4.69) is 10.4 Å². The lowest BCUT2D eigenvalue weighted by atomic mass is 10.1. The van der Waals surface area contributed by atoms with Gasteiger partial charge in [0.15, 0.2) is 0 Å². The fourth-order valence-electron chi connectivity index (χ4n) is 3.60. The lowest BCUT2D eigenvalue weighted by Gasteiger charge is -2.29. The van der Waals surface area contributed by atoms with E-state index < -0.39 is 0 Å². The van der Waals surface area contributed by atoms with Crippen molar-refractivity contribution in [1.82, 2.24) is 20.0 Å². The number of hydrogen-bond donors (Lipinski definition) is 1. The van der Waals surface area contributed by atoms with Gasteiger partial charge >= 0.3 is 6.03 Å². The number of fused-ring (bicyclic) bond motifs is 1. The molecule has 1 atom stereocenters. The van der Waals surface area contributed by atoms with Crippen molar-refractivity contribution in [3.8, 4) is 0 Å². The Kier molecular flexibility index (Phi) is 5.20. The van der Waals surface area contributed by atoms with Gasteiger partial charge in [0, 0.05) is 44.3 Å². The second kappa shape index (κ2) is 7.92. The Morgan fingerprint density at radius 2 is 2.15 bits per heavy atom. The van der Waals surface area contributed by atoms with Gasteiger partial charge in [0.25, 0.3) is 5.56 Å². The molecule has 3 heterocycles. The molecule has 142 valence electrons. The van der Waals surface area contributed by atoms with Gasteiger partial charge in [-0.15, -0.1) is 0 Å². The highest BCUT2D eigenvalue weighted by molar-refractivity contribution is 5.74. The molecule has 27 heavy (non-hydrogen) atoms. The van der Waals surface area contributed by atoms with E-state index in [0.717, 1.165) is 36.3 Å². The van der Waals surface area contributed by atoms with Crippen LogP contribution in [0.3, 0.4) is 0 Å². The molecule has 0 radical (unpaired) electrons. The smallest absolute Gasteiger partial charge is 0.317 e. The Hall–Kier alpha value is -2.67. The number of nitrogens with zero attached hydrogens (tertiary/aromatic N) is 3. The van der Waals surface area contributed by atoms with E-state index in [1.165, 1.54) is 4.68 Å². The summed E-state index contributed by atoms with van der Waals surface area (Å²) in [5.41, 5.74) is 2.63. The molecule has 1 N–H and O–H groups in total. The van der Waals surface area contributed by atoms with Gasteiger partial charge in [0.05, 0.1) is 18.3 Å². The number of nitrogens with one attached hydrogen (secondary N) is 1. The van der Waals surface area contributed by atoms with Crippen LogP contribution < -0.4 is 10.9 Å². The van der Waals surface area contributed by atoms with Crippen LogP contribution in [-0.2, 0) is 24.2 Å². The first kappa shape index (κ1) is 17.7. The molecule has 1 fully saturated rings. The summed E-state index contributed by atoms with van der Waals surface area (Å²) in [5.74, 6) is 0. The van der Waals surface area contributed by atoms with E-state index in [1.807, 2.05) is 30.3 Å². The second-order valence-corrected chi connectivity index (χ2v) is 7.09. The summed E-state index contributed by atoms with van der Waals surface area (Å²) in [6.07, 6.45) is 2.82. The molecule has 7 nitrogen and oxygen atoms in total. The maximum absolute atomic E-state index is 12.4. The number of ether oxygens (including phenoxy) is 1. The summed E-state index contributed by atoms with van der Waals surface area (Å²) in [5, 5.41) is 7.48. The molecule has 2 amide bonds. The average molecular weight is 368 g/mol. The highest BCUT2D eigenvalue weighted by Gasteiger charge is 2.24. The Morgan fingerprint density at radius 1 is 1.30 bits per heavy atom. The van der Waals surface area contributed by atoms with Crippen molar-refractivity contribution in [2.45, 2.75) is 38.5 Å². The van der Waals surface area contributed by atoms with E-state index in [0.29, 0.717) is 32.6 Å². The molecule has 1 aromatic heterocycles. The second-order valence-electron chi connectivity index (χ2n) is 7.09. The molecule has 0 spiro atoms. The van der Waals surface area contributed by atoms with Crippen molar-refractivity contribution < 1.29 is 9.53 Å². The van der Waals surface area contributed by atoms with Crippen LogP contribution in [0.2, 0.25) is 0 Å². The average Bonchev–Trinajstić information content (AvgIpc) is 3.21. The minimum Gasteiger partial charge on any atom is -0.376 e. The molecule has 0 bridgehead atoms. The number of hydrogen-bond acceptors (Lipinski definition) is 4. The summed E-state index contributed by atoms with van der Waals surface area (Å²) in [7, 11) is 0. The largest absolute Gasteiger partial charge is 0.376 e. The molecular formula is C20H24N4O3. The SMILES string of the molecule is O=C(NCC1CCCO1)N1CCc2nn(Cc3ccccc3)c(=O)cc2C1. The van der Waals surface area contributed by atoms with E-state index in [9.17, 15) is 9.59 Å². The predicted molar refractivity (Wildman–Crippen MR) is 101 cm³/mol. The van der Waals surface area contributed by atoms with Crippen LogP contribution in [0.25, 0.3) is 0 Å². The Morgan fingerprint density at radius 3 is 2.93 bits per heavy atom. The molecule has 4 rings (SSSR count). The van der Waals surface area contributed by atoms with Crippen LogP contribution in [0.15, 0.2) is 41.2 Å². The molecule has 0 saturated carbocycles. The summed E-state index contributed by atoms with van der Waals surface area (Å²) in [4.78, 5) is 26.6. The third-order valence-corrected chi connectivity index (χ3v) is 5.11. The lowest BCUT2D eigenvalue weighted by molar-refractivity contribution is 0.108. The van der Waals surface area contributed by atoms with Gasteiger partial charge in [-0.05, 0) is 18.4 Å². The first-order chi connectivity index (χ1) is 13.2. The third-order valence-electron chi connectivity index (χ3n) is 5.11. The predicted octanol–water partition coefficient (Wildman–Crippen LogP) is 1.54. The number of carbonyl (C=O) groups excluding carboxylic acids is 1. The Balaban J connectivity index is 1.41. The van der Waals surface area contributed by atoms with Crippen molar-refractivity contribution in [3.05, 3.63) is 63.6 Å². The number of aromatic nitrogens is 2. The molecule has 2 aliphatic rings. The molecule has 1 aromatic carbocycles. The maximum atomic E-state index is 12.4. The number of rotatable bonds is 4. The van der Waals surface area contributed by atoms with Crippen molar-refractivity contribution in [2.24, 2.45) is 0 Å². The van der Waals surface area contributed by atoms with Gasteiger partial charge in [-0.3, -0.25) is 4.79 Å². The number of benzene rings is 1. The normalized spacial score (nSPS) is 19.0. The number of amides is 2. The minimum absolute atomic E-state index is 0.107. The molecule has 7 heteroatoms. The monoisotopic (exact) mass is 368 g/mol. The van der Waals surface area contributed by atoms with Gasteiger partial charge in [-0.2, -0.15) is 5.10 Å². The van der Waals surface area contributed by atoms with E-state index in [-0.39, 0.29) is 17.7 Å². The third kappa shape index (κ3) is 4.19. The minimum atomic E-state index is -0.140. The van der Waals surface area contributed by atoms with E-state index in [4.69, 9.17) is 4.74 Å². The van der Waals surface area contributed by atoms with Crippen LogP contribution in [0.5, 0.6) is 0 Å². The fraction of sp³-hybridized carbons (Fsp3) is 0.450. The first-order valence-corrected chi connectivity index (χ1v) is 9.47. The molecule has 1 unspecified atom stereocenters. The van der Waals surface area contributed by atoms with Gasteiger partial charge < -0.3 is 15.0 Å². The van der Waals surface area contributed by atoms with E-state index in [1.54, 1.807) is 11.0 Å². The van der Waals surface area contributed by atoms with Crippen LogP contribution >= 0.6 is 0 Å². The molecule has 2 aliphatic heterocycles. The van der Waals surface area contributed by atoms with Gasteiger partial charge in [-0.1, -0.05) is 30.3 Å². The Labute approximate surface area is 157 Å². The zero-order valence-corrected chi connectivity index (χ0v) is 15.3. The van der Waals surface area contributed by atoms with Gasteiger partial charge in [0.1, 0.15) is 0 Å². The number of urea groups is 1. The van der Waals surface area contributed by atoms with Crippen molar-refractivity contribution in [2.75, 3.05) is 19.7 Å². The summed E-state index contributed by atoms with van der Waals surface area (Å²) in [6.45, 7) is 2.79. The van der Waals surface area contributed by atoms with Crippen LogP contribution in [0.1, 0.15) is 29.7 Å². The zero-order chi connectivity index (χ0) is 18.6. The first-order valence-electron chi connectivity index (χ1n) is 9.47. The number of carbonyl (C=O) groups is 1. The Bertz CT molecular complexity index is 859. The zero-order valence-electron chi connectivity index (χ0n) is 15.3. The standard InChI is InChI=1S/C20H24N4O3/c25-19-11-16-14-23(20(26)21-12-17-7-4-10-27-17)9-8-18(16)22-24(19)13-15-5-2-1-3-6-15/h1-3,5-6,11,17H,4,7-10,12-14H2,(H,21,26). The lowest BCUT2D eigenvalue weighted by Crippen LogP contribution is -2.45. The molecule has 1 saturated heterocycles. The van der Waals surface area contributed by atoms with Crippen LogP contribution in [0.4, 0.5) is 4.79 Å². The quantitative estimate of drug-likeness (QED) is 0.888. The highest BCUT2D eigenvalue weighted by atomic mass is 16.5. The summed E-state index contributed by atoms with van der Waals surface area (Å²) >= 11 is 0. The van der Waals surface area contributed by atoms with Crippen molar-refractivity contribution in [1.29, 1.82) is 0 Å². The highest BCUT2D eigenvalue weighted by Crippen LogP contribution is 2.16. The molecular weight excluding hydrogens is 344 g/mol. The van der Waals surface area contributed by atoms with Gasteiger partial charge in [-0.25, -0.2) is 9.48 Å².